The maximum absolute atomic E-state index is 12.6. The molecule has 0 saturated carbocycles. The highest BCUT2D eigenvalue weighted by atomic mass is 32.2. The number of hydrogen-bond donors (Lipinski definition) is 0. The van der Waals surface area contributed by atoms with Crippen LogP contribution in [0.3, 0.4) is 0 Å². The lowest BCUT2D eigenvalue weighted by molar-refractivity contribution is -0.384. The van der Waals surface area contributed by atoms with Gasteiger partial charge in [0.25, 0.3) is 5.69 Å². The number of amides is 1. The van der Waals surface area contributed by atoms with Crippen molar-refractivity contribution < 1.29 is 27.7 Å². The first kappa shape index (κ1) is 23.6. The summed E-state index contributed by atoms with van der Waals surface area (Å²) in [4.78, 5) is 35.6. The van der Waals surface area contributed by atoms with Crippen LogP contribution < -0.4 is 0 Å². The van der Waals surface area contributed by atoms with Gasteiger partial charge in [0, 0.05) is 44.1 Å². The topological polar surface area (TPSA) is 139 Å². The zero-order valence-corrected chi connectivity index (χ0v) is 18.3. The maximum Gasteiger partial charge on any atom is 0.410 e. The predicted octanol–water partition coefficient (Wildman–Crippen LogP) is 1.83. The minimum Gasteiger partial charge on any atom is -0.445 e. The van der Waals surface area contributed by atoms with Crippen LogP contribution in [0.4, 0.5) is 10.5 Å². The molecule has 0 aromatic heterocycles. The van der Waals surface area contributed by atoms with E-state index in [1.165, 1.54) is 49.4 Å². The monoisotopic (exact) mass is 458 g/mol. The highest BCUT2D eigenvalue weighted by Gasteiger charge is 2.36. The number of sulfonamides is 1. The van der Waals surface area contributed by atoms with Crippen LogP contribution in [-0.4, -0.2) is 71.2 Å². The van der Waals surface area contributed by atoms with Crippen LogP contribution in [0.1, 0.15) is 18.9 Å². The van der Waals surface area contributed by atoms with Crippen molar-refractivity contribution >= 4 is 44.9 Å². The van der Waals surface area contributed by atoms with Crippen molar-refractivity contribution in [3.63, 3.8) is 0 Å². The van der Waals surface area contributed by atoms with Crippen molar-refractivity contribution in [3.8, 4) is 0 Å². The minimum absolute atomic E-state index is 0.0695. The first-order valence-electron chi connectivity index (χ1n) is 8.79. The van der Waals surface area contributed by atoms with E-state index in [0.717, 1.165) is 22.4 Å². The van der Waals surface area contributed by atoms with Crippen LogP contribution in [-0.2, 0) is 26.2 Å². The van der Waals surface area contributed by atoms with Crippen LogP contribution in [0, 0.1) is 10.1 Å². The number of thioether (sulfide) groups is 1. The van der Waals surface area contributed by atoms with Crippen molar-refractivity contribution in [3.05, 3.63) is 39.9 Å². The lowest BCUT2D eigenvalue weighted by Gasteiger charge is -2.21. The number of likely N-dealkylation sites (tertiary alicyclic amines) is 1. The van der Waals surface area contributed by atoms with E-state index in [4.69, 9.17) is 4.74 Å². The lowest BCUT2D eigenvalue weighted by Crippen LogP contribution is -2.37. The molecular formula is C17H22N4O7S2. The minimum atomic E-state index is -3.53. The van der Waals surface area contributed by atoms with Crippen LogP contribution in [0.25, 0.3) is 0 Å². The second-order valence-corrected chi connectivity index (χ2v) is 10.1. The summed E-state index contributed by atoms with van der Waals surface area (Å²) in [6.07, 6.45) is 2.11. The summed E-state index contributed by atoms with van der Waals surface area (Å²) in [5.41, 5.74) is 0.504. The molecule has 30 heavy (non-hydrogen) atoms. The van der Waals surface area contributed by atoms with Gasteiger partial charge in [-0.2, -0.15) is 9.52 Å². The van der Waals surface area contributed by atoms with Crippen LogP contribution in [0.5, 0.6) is 0 Å². The van der Waals surface area contributed by atoms with Crippen molar-refractivity contribution in [2.45, 2.75) is 31.2 Å². The average molecular weight is 459 g/mol. The summed E-state index contributed by atoms with van der Waals surface area (Å²) >= 11 is 1.10. The fraction of sp³-hybridized carbons (Fsp3) is 0.471. The third kappa shape index (κ3) is 6.69. The summed E-state index contributed by atoms with van der Waals surface area (Å²) in [5, 5.41) is 14.3. The van der Waals surface area contributed by atoms with Crippen molar-refractivity contribution in [1.29, 1.82) is 0 Å². The highest BCUT2D eigenvalue weighted by molar-refractivity contribution is 8.14. The van der Waals surface area contributed by atoms with Gasteiger partial charge in [-0.05, 0) is 24.1 Å². The molecule has 1 fully saturated rings. The van der Waals surface area contributed by atoms with E-state index in [2.05, 4.69) is 5.10 Å². The summed E-state index contributed by atoms with van der Waals surface area (Å²) in [6, 6.07) is 5.06. The van der Waals surface area contributed by atoms with E-state index >= 15 is 0 Å². The van der Waals surface area contributed by atoms with Crippen molar-refractivity contribution in [2.24, 2.45) is 5.10 Å². The van der Waals surface area contributed by atoms with Gasteiger partial charge in [0.15, 0.2) is 5.12 Å². The molecule has 1 aromatic rings. The Morgan fingerprint density at radius 3 is 2.57 bits per heavy atom. The van der Waals surface area contributed by atoms with Gasteiger partial charge in [-0.3, -0.25) is 19.8 Å². The second-order valence-electron chi connectivity index (χ2n) is 6.63. The molecule has 1 saturated heterocycles. The van der Waals surface area contributed by atoms with Crippen LogP contribution in [0.2, 0.25) is 0 Å². The molecule has 1 amide bonds. The number of carbonyl (C=O) groups is 2. The van der Waals surface area contributed by atoms with Crippen molar-refractivity contribution in [2.75, 3.05) is 19.8 Å². The smallest absolute Gasteiger partial charge is 0.410 e. The Labute approximate surface area is 178 Å². The fourth-order valence-corrected chi connectivity index (χ4v) is 3.92. The molecule has 0 unspecified atom stereocenters. The SMILES string of the molecule is CC(=O)S[C@H]1C[C@@H](C=NN(C)S(C)(=O)=O)N(C(=O)OCc2ccc([N+](=O)[O-])cc2)C1. The first-order chi connectivity index (χ1) is 14.0. The molecule has 1 aromatic carbocycles. The normalized spacial score (nSPS) is 19.1. The Hall–Kier alpha value is -2.67. The molecule has 0 aliphatic carbocycles. The molecule has 0 radical (unpaired) electrons. The number of hydrogen-bond acceptors (Lipinski definition) is 9. The van der Waals surface area contributed by atoms with E-state index < -0.39 is 27.1 Å². The largest absolute Gasteiger partial charge is 0.445 e. The molecule has 0 bridgehead atoms. The quantitative estimate of drug-likeness (QED) is 0.342. The number of carbonyl (C=O) groups excluding carboxylic acids is 2. The van der Waals surface area contributed by atoms with Gasteiger partial charge >= 0.3 is 6.09 Å². The molecule has 1 heterocycles. The number of non-ortho nitro benzene ring substituents is 1. The van der Waals surface area contributed by atoms with E-state index in [-0.39, 0.29) is 29.2 Å². The Balaban J connectivity index is 2.07. The van der Waals surface area contributed by atoms with Gasteiger partial charge in [-0.15, -0.1) is 0 Å². The van der Waals surface area contributed by atoms with Gasteiger partial charge in [-0.1, -0.05) is 11.8 Å². The first-order valence-corrected chi connectivity index (χ1v) is 11.5. The molecule has 1 aliphatic heterocycles. The van der Waals surface area contributed by atoms with Crippen LogP contribution >= 0.6 is 11.8 Å². The van der Waals surface area contributed by atoms with E-state index in [1.807, 2.05) is 0 Å². The number of hydrazone groups is 1. The standard InChI is InChI=1S/C17H22N4O7S2/c1-12(22)29-16-8-15(9-18-19(2)30(3,26)27)20(10-16)17(23)28-11-13-4-6-14(7-5-13)21(24)25/h4-7,9,15-16H,8,10-11H2,1-3H3/t15-,16-/m0/s1. The molecule has 2 rings (SSSR count). The number of rotatable bonds is 7. The number of nitrogens with zero attached hydrogens (tertiary/aromatic N) is 4. The molecule has 1 aliphatic rings. The maximum atomic E-state index is 12.6. The van der Waals surface area contributed by atoms with Crippen molar-refractivity contribution in [1.82, 2.24) is 9.31 Å². The third-order valence-corrected chi connectivity index (χ3v) is 6.32. The predicted molar refractivity (Wildman–Crippen MR) is 112 cm³/mol. The third-order valence-electron chi connectivity index (χ3n) is 4.26. The summed E-state index contributed by atoms with van der Waals surface area (Å²) < 4.78 is 29.1. The van der Waals surface area contributed by atoms with E-state index in [9.17, 15) is 28.1 Å². The highest BCUT2D eigenvalue weighted by Crippen LogP contribution is 2.28. The van der Waals surface area contributed by atoms with Gasteiger partial charge in [0.1, 0.15) is 6.61 Å². The van der Waals surface area contributed by atoms with Gasteiger partial charge in [0.05, 0.1) is 17.2 Å². The molecule has 13 heteroatoms. The number of nitro benzene ring substituents is 1. The molecule has 0 spiro atoms. The lowest BCUT2D eigenvalue weighted by atomic mass is 10.2. The number of benzene rings is 1. The Morgan fingerprint density at radius 2 is 2.03 bits per heavy atom. The molecule has 11 nitrogen and oxygen atoms in total. The second kappa shape index (κ2) is 9.89. The van der Waals surface area contributed by atoms with E-state index in [0.29, 0.717) is 12.0 Å². The summed E-state index contributed by atoms with van der Waals surface area (Å²) in [5.74, 6) is 0. The van der Waals surface area contributed by atoms with Gasteiger partial charge in [-0.25, -0.2) is 13.2 Å². The van der Waals surface area contributed by atoms with Gasteiger partial charge in [0.2, 0.25) is 10.0 Å². The van der Waals surface area contributed by atoms with E-state index in [1.54, 1.807) is 0 Å². The average Bonchev–Trinajstić information content (AvgIpc) is 3.05. The fourth-order valence-electron chi connectivity index (χ4n) is 2.70. The summed E-state index contributed by atoms with van der Waals surface area (Å²) in [6.45, 7) is 1.58. The molecular weight excluding hydrogens is 436 g/mol. The molecule has 2 atom stereocenters. The number of ether oxygens (including phenoxy) is 1. The van der Waals surface area contributed by atoms with Gasteiger partial charge < -0.3 is 4.74 Å². The van der Waals surface area contributed by atoms with Crippen LogP contribution in [0.15, 0.2) is 29.4 Å². The zero-order valence-electron chi connectivity index (χ0n) is 16.6. The Bertz CT molecular complexity index is 934. The molecule has 0 N–H and O–H groups in total. The zero-order chi connectivity index (χ0) is 22.5. The Kier molecular flexibility index (Phi) is 7.78. The summed E-state index contributed by atoms with van der Waals surface area (Å²) in [7, 11) is -2.25. The molecule has 164 valence electrons. The number of nitro groups is 1. The Morgan fingerprint density at radius 1 is 1.40 bits per heavy atom.